The minimum Gasteiger partial charge on any atom is -0.473 e. The first-order valence-electron chi connectivity index (χ1n) is 6.10. The molecule has 96 valence electrons. The Balaban J connectivity index is 1.95. The van der Waals surface area contributed by atoms with Gasteiger partial charge >= 0.3 is 0 Å². The quantitative estimate of drug-likeness (QED) is 0.874. The molecule has 2 N–H and O–H groups in total. The van der Waals surface area contributed by atoms with Crippen LogP contribution in [0.15, 0.2) is 30.3 Å². The van der Waals surface area contributed by atoms with Gasteiger partial charge in [0.15, 0.2) is 0 Å². The molecule has 0 amide bonds. The number of nitrogens with two attached hydrogens (primary N) is 1. The van der Waals surface area contributed by atoms with E-state index in [1.54, 1.807) is 4.68 Å². The number of hydrogen-bond acceptors (Lipinski definition) is 3. The Morgan fingerprint density at radius 1 is 1.22 bits per heavy atom. The maximum absolute atomic E-state index is 5.72. The van der Waals surface area contributed by atoms with Crippen molar-refractivity contribution in [1.29, 1.82) is 0 Å². The van der Waals surface area contributed by atoms with E-state index in [1.807, 2.05) is 20.0 Å². The van der Waals surface area contributed by atoms with E-state index in [0.29, 0.717) is 13.2 Å². The van der Waals surface area contributed by atoms with Gasteiger partial charge in [0, 0.05) is 13.1 Å². The summed E-state index contributed by atoms with van der Waals surface area (Å²) in [5.41, 5.74) is 8.89. The summed E-state index contributed by atoms with van der Waals surface area (Å²) in [5.74, 6) is 0.790. The Labute approximate surface area is 107 Å². The van der Waals surface area contributed by atoms with E-state index in [2.05, 4.69) is 29.4 Å². The first-order chi connectivity index (χ1) is 8.69. The lowest BCUT2D eigenvalue weighted by molar-refractivity contribution is 0.279. The molecule has 2 aromatic rings. The van der Waals surface area contributed by atoms with Crippen molar-refractivity contribution in [2.24, 2.45) is 12.8 Å². The van der Waals surface area contributed by atoms with Crippen LogP contribution in [-0.2, 0) is 20.1 Å². The molecule has 0 atom stereocenters. The van der Waals surface area contributed by atoms with Gasteiger partial charge < -0.3 is 10.5 Å². The average Bonchev–Trinajstić information content (AvgIpc) is 2.67. The standard InChI is InChI=1S/C14H19N3O/c1-11-9-14(17(2)16-11)18-10-13-5-3-12(4-6-13)7-8-15/h3-6,9H,7-8,10,15H2,1-2H3. The molecule has 0 radical (unpaired) electrons. The van der Waals surface area contributed by atoms with Crippen molar-refractivity contribution in [3.05, 3.63) is 47.2 Å². The lowest BCUT2D eigenvalue weighted by Gasteiger charge is -2.06. The third kappa shape index (κ3) is 3.11. The van der Waals surface area contributed by atoms with Gasteiger partial charge in [-0.3, -0.25) is 0 Å². The summed E-state index contributed by atoms with van der Waals surface area (Å²) in [4.78, 5) is 0. The molecule has 0 aliphatic carbocycles. The summed E-state index contributed by atoms with van der Waals surface area (Å²) in [6.45, 7) is 3.19. The molecule has 1 aromatic heterocycles. The van der Waals surface area contributed by atoms with Crippen LogP contribution in [0.25, 0.3) is 0 Å². The van der Waals surface area contributed by atoms with Crippen molar-refractivity contribution in [3.63, 3.8) is 0 Å². The predicted molar refractivity (Wildman–Crippen MR) is 71.5 cm³/mol. The maximum atomic E-state index is 5.72. The summed E-state index contributed by atoms with van der Waals surface area (Å²) < 4.78 is 7.47. The zero-order valence-corrected chi connectivity index (χ0v) is 10.9. The Hall–Kier alpha value is -1.81. The highest BCUT2D eigenvalue weighted by Crippen LogP contribution is 2.14. The van der Waals surface area contributed by atoms with Crippen LogP contribution in [-0.4, -0.2) is 16.3 Å². The van der Waals surface area contributed by atoms with Crippen LogP contribution < -0.4 is 10.5 Å². The molecule has 4 nitrogen and oxygen atoms in total. The Bertz CT molecular complexity index is 502. The summed E-state index contributed by atoms with van der Waals surface area (Å²) >= 11 is 0. The van der Waals surface area contributed by atoms with Crippen molar-refractivity contribution in [3.8, 4) is 5.88 Å². The first kappa shape index (κ1) is 12.6. The van der Waals surface area contributed by atoms with Gasteiger partial charge in [0.25, 0.3) is 0 Å². The number of rotatable bonds is 5. The van der Waals surface area contributed by atoms with Crippen LogP contribution in [0.1, 0.15) is 16.8 Å². The van der Waals surface area contributed by atoms with Gasteiger partial charge in [0.1, 0.15) is 6.61 Å². The average molecular weight is 245 g/mol. The second kappa shape index (κ2) is 5.69. The van der Waals surface area contributed by atoms with Gasteiger partial charge in [-0.25, -0.2) is 4.68 Å². The number of benzene rings is 1. The van der Waals surface area contributed by atoms with E-state index in [0.717, 1.165) is 23.6 Å². The van der Waals surface area contributed by atoms with Crippen molar-refractivity contribution < 1.29 is 4.74 Å². The topological polar surface area (TPSA) is 53.1 Å². The predicted octanol–water partition coefficient (Wildman–Crippen LogP) is 1.81. The van der Waals surface area contributed by atoms with Crippen LogP contribution in [0.3, 0.4) is 0 Å². The third-order valence-corrected chi connectivity index (χ3v) is 2.80. The van der Waals surface area contributed by atoms with Crippen molar-refractivity contribution in [2.45, 2.75) is 20.0 Å². The highest BCUT2D eigenvalue weighted by Gasteiger charge is 2.03. The van der Waals surface area contributed by atoms with E-state index in [4.69, 9.17) is 10.5 Å². The van der Waals surface area contributed by atoms with Gasteiger partial charge in [0.05, 0.1) is 5.69 Å². The van der Waals surface area contributed by atoms with E-state index in [-0.39, 0.29) is 0 Å². The molecule has 1 aromatic carbocycles. The van der Waals surface area contributed by atoms with E-state index >= 15 is 0 Å². The van der Waals surface area contributed by atoms with Gasteiger partial charge in [0.2, 0.25) is 5.88 Å². The highest BCUT2D eigenvalue weighted by atomic mass is 16.5. The van der Waals surface area contributed by atoms with E-state index in [9.17, 15) is 0 Å². The summed E-state index contributed by atoms with van der Waals surface area (Å²) in [6, 6.07) is 10.3. The van der Waals surface area contributed by atoms with Crippen LogP contribution in [0, 0.1) is 6.92 Å². The lowest BCUT2D eigenvalue weighted by atomic mass is 10.1. The molecular formula is C14H19N3O. The fourth-order valence-corrected chi connectivity index (χ4v) is 1.85. The number of aromatic nitrogens is 2. The molecule has 0 saturated carbocycles. The van der Waals surface area contributed by atoms with Crippen molar-refractivity contribution >= 4 is 0 Å². The second-order valence-electron chi connectivity index (χ2n) is 4.39. The largest absolute Gasteiger partial charge is 0.473 e. The Kier molecular flexibility index (Phi) is 3.99. The molecule has 0 aliphatic heterocycles. The zero-order valence-electron chi connectivity index (χ0n) is 10.9. The van der Waals surface area contributed by atoms with Crippen LogP contribution in [0.4, 0.5) is 0 Å². The molecule has 0 unspecified atom stereocenters. The van der Waals surface area contributed by atoms with Crippen LogP contribution in [0.5, 0.6) is 5.88 Å². The lowest BCUT2D eigenvalue weighted by Crippen LogP contribution is -2.03. The molecule has 0 bridgehead atoms. The molecule has 18 heavy (non-hydrogen) atoms. The highest BCUT2D eigenvalue weighted by molar-refractivity contribution is 5.23. The number of ether oxygens (including phenoxy) is 1. The van der Waals surface area contributed by atoms with Crippen molar-refractivity contribution in [2.75, 3.05) is 6.54 Å². The molecule has 0 spiro atoms. The van der Waals surface area contributed by atoms with Gasteiger partial charge in [-0.1, -0.05) is 24.3 Å². The Morgan fingerprint density at radius 3 is 2.44 bits per heavy atom. The van der Waals surface area contributed by atoms with E-state index < -0.39 is 0 Å². The summed E-state index contributed by atoms with van der Waals surface area (Å²) in [6.07, 6.45) is 0.919. The fraction of sp³-hybridized carbons (Fsp3) is 0.357. The normalized spacial score (nSPS) is 10.6. The zero-order chi connectivity index (χ0) is 13.0. The summed E-state index contributed by atoms with van der Waals surface area (Å²) in [5, 5.41) is 4.24. The fourth-order valence-electron chi connectivity index (χ4n) is 1.85. The SMILES string of the molecule is Cc1cc(OCc2ccc(CCN)cc2)n(C)n1. The Morgan fingerprint density at radius 2 is 1.89 bits per heavy atom. The third-order valence-electron chi connectivity index (χ3n) is 2.80. The number of aryl methyl sites for hydroxylation is 2. The molecule has 2 rings (SSSR count). The van der Waals surface area contributed by atoms with E-state index in [1.165, 1.54) is 5.56 Å². The minimum absolute atomic E-state index is 0.557. The first-order valence-corrected chi connectivity index (χ1v) is 6.10. The molecule has 0 saturated heterocycles. The molecule has 0 aliphatic rings. The van der Waals surface area contributed by atoms with Crippen LogP contribution in [0.2, 0.25) is 0 Å². The summed E-state index contributed by atoms with van der Waals surface area (Å²) in [7, 11) is 1.88. The maximum Gasteiger partial charge on any atom is 0.212 e. The molecule has 0 fully saturated rings. The minimum atomic E-state index is 0.557. The molecule has 4 heteroatoms. The monoisotopic (exact) mass is 245 g/mol. The number of nitrogens with zero attached hydrogens (tertiary/aromatic N) is 2. The molecule has 1 heterocycles. The van der Waals surface area contributed by atoms with Gasteiger partial charge in [-0.2, -0.15) is 5.10 Å². The molecular weight excluding hydrogens is 226 g/mol. The van der Waals surface area contributed by atoms with Gasteiger partial charge in [-0.05, 0) is 31.0 Å². The van der Waals surface area contributed by atoms with Gasteiger partial charge in [-0.15, -0.1) is 0 Å². The van der Waals surface area contributed by atoms with Crippen LogP contribution >= 0.6 is 0 Å². The number of hydrogen-bond donors (Lipinski definition) is 1. The van der Waals surface area contributed by atoms with Crippen molar-refractivity contribution in [1.82, 2.24) is 9.78 Å². The smallest absolute Gasteiger partial charge is 0.212 e. The second-order valence-corrected chi connectivity index (χ2v) is 4.39.